The maximum absolute atomic E-state index is 13.5. The van der Waals surface area contributed by atoms with Crippen molar-refractivity contribution in [2.24, 2.45) is 0 Å². The van der Waals surface area contributed by atoms with E-state index < -0.39 is 0 Å². The fourth-order valence-corrected chi connectivity index (χ4v) is 2.57. The van der Waals surface area contributed by atoms with Gasteiger partial charge in [0.25, 0.3) is 0 Å². The van der Waals surface area contributed by atoms with Crippen LogP contribution in [-0.2, 0) is 0 Å². The molecule has 3 rings (SSSR count). The highest BCUT2D eigenvalue weighted by molar-refractivity contribution is 5.46. The van der Waals surface area contributed by atoms with Gasteiger partial charge in [0.1, 0.15) is 11.6 Å². The van der Waals surface area contributed by atoms with Crippen LogP contribution in [0.3, 0.4) is 0 Å². The van der Waals surface area contributed by atoms with Gasteiger partial charge in [-0.3, -0.25) is 0 Å². The summed E-state index contributed by atoms with van der Waals surface area (Å²) >= 11 is 0. The summed E-state index contributed by atoms with van der Waals surface area (Å²) in [7, 11) is 0. The van der Waals surface area contributed by atoms with E-state index in [0.29, 0.717) is 11.5 Å². The molecule has 0 radical (unpaired) electrons. The fraction of sp³-hybridized carbons (Fsp3) is 0.294. The summed E-state index contributed by atoms with van der Waals surface area (Å²) in [6.45, 7) is 3.31. The zero-order valence-corrected chi connectivity index (χ0v) is 11.5. The summed E-state index contributed by atoms with van der Waals surface area (Å²) in [5, 5.41) is 3.33. The largest absolute Gasteiger partial charge is 0.493 e. The van der Waals surface area contributed by atoms with Crippen LogP contribution in [0, 0.1) is 12.7 Å². The van der Waals surface area contributed by atoms with Crippen LogP contribution in [0.4, 0.5) is 10.1 Å². The molecular weight excluding hydrogens is 253 g/mol. The number of fused-ring (bicyclic) bond motifs is 1. The van der Waals surface area contributed by atoms with Crippen LogP contribution in [-0.4, -0.2) is 13.2 Å². The Morgan fingerprint density at radius 1 is 1.25 bits per heavy atom. The first kappa shape index (κ1) is 13.0. The molecule has 1 aliphatic rings. The van der Waals surface area contributed by atoms with Crippen molar-refractivity contribution in [3.8, 4) is 5.75 Å². The highest BCUT2D eigenvalue weighted by Gasteiger charge is 2.20. The Bertz CT molecular complexity index is 612. The Labute approximate surface area is 118 Å². The molecule has 1 heterocycles. The van der Waals surface area contributed by atoms with Crippen LogP contribution < -0.4 is 10.1 Å². The highest BCUT2D eigenvalue weighted by Crippen LogP contribution is 2.33. The quantitative estimate of drug-likeness (QED) is 0.907. The van der Waals surface area contributed by atoms with Gasteiger partial charge < -0.3 is 10.1 Å². The average molecular weight is 271 g/mol. The third kappa shape index (κ3) is 2.62. The number of halogens is 1. The molecule has 20 heavy (non-hydrogen) atoms. The van der Waals surface area contributed by atoms with Crippen molar-refractivity contribution >= 4 is 5.69 Å². The SMILES string of the molecule is Cc1ccc(NCC2CCOc3ccccc32)cc1F. The highest BCUT2D eigenvalue weighted by atomic mass is 19.1. The molecule has 0 bridgehead atoms. The summed E-state index contributed by atoms with van der Waals surface area (Å²) in [6, 6.07) is 13.4. The molecule has 1 atom stereocenters. The second-order valence-electron chi connectivity index (χ2n) is 5.22. The number of aryl methyl sites for hydroxylation is 1. The molecular formula is C17H18FNO. The Balaban J connectivity index is 1.71. The number of ether oxygens (including phenoxy) is 1. The van der Waals surface area contributed by atoms with E-state index in [4.69, 9.17) is 4.74 Å². The molecule has 2 aromatic rings. The van der Waals surface area contributed by atoms with Gasteiger partial charge in [0, 0.05) is 18.2 Å². The molecule has 2 nitrogen and oxygen atoms in total. The molecule has 1 N–H and O–H groups in total. The lowest BCUT2D eigenvalue weighted by Gasteiger charge is -2.26. The number of para-hydroxylation sites is 1. The lowest BCUT2D eigenvalue weighted by Crippen LogP contribution is -2.20. The molecule has 0 saturated carbocycles. The third-order valence-electron chi connectivity index (χ3n) is 3.81. The number of rotatable bonds is 3. The standard InChI is InChI=1S/C17H18FNO/c1-12-6-7-14(10-16(12)18)19-11-13-8-9-20-17-5-3-2-4-15(13)17/h2-7,10,13,19H,8-9,11H2,1H3. The van der Waals surface area contributed by atoms with Crippen LogP contribution >= 0.6 is 0 Å². The molecule has 2 aromatic carbocycles. The summed E-state index contributed by atoms with van der Waals surface area (Å²) < 4.78 is 19.2. The molecule has 0 aromatic heterocycles. The van der Waals surface area contributed by atoms with E-state index in [1.807, 2.05) is 24.3 Å². The summed E-state index contributed by atoms with van der Waals surface area (Å²) in [5.41, 5.74) is 2.74. The Morgan fingerprint density at radius 2 is 2.10 bits per heavy atom. The van der Waals surface area contributed by atoms with Crippen molar-refractivity contribution in [2.75, 3.05) is 18.5 Å². The summed E-state index contributed by atoms with van der Waals surface area (Å²) in [6.07, 6.45) is 0.984. The van der Waals surface area contributed by atoms with E-state index in [1.165, 1.54) is 5.56 Å². The van der Waals surface area contributed by atoms with Gasteiger partial charge in [0.2, 0.25) is 0 Å². The maximum atomic E-state index is 13.5. The van der Waals surface area contributed by atoms with Crippen molar-refractivity contribution in [3.05, 3.63) is 59.4 Å². The van der Waals surface area contributed by atoms with E-state index in [-0.39, 0.29) is 5.82 Å². The monoisotopic (exact) mass is 271 g/mol. The first-order chi connectivity index (χ1) is 9.74. The van der Waals surface area contributed by atoms with E-state index in [0.717, 1.165) is 31.0 Å². The van der Waals surface area contributed by atoms with Gasteiger partial charge in [-0.1, -0.05) is 24.3 Å². The number of benzene rings is 2. The van der Waals surface area contributed by atoms with Crippen LogP contribution in [0.2, 0.25) is 0 Å². The molecule has 1 aliphatic heterocycles. The number of hydrogen-bond donors (Lipinski definition) is 1. The Kier molecular flexibility index (Phi) is 3.59. The Hall–Kier alpha value is -2.03. The van der Waals surface area contributed by atoms with Crippen molar-refractivity contribution in [3.63, 3.8) is 0 Å². The van der Waals surface area contributed by atoms with Gasteiger partial charge in [0.15, 0.2) is 0 Å². The van der Waals surface area contributed by atoms with Crippen molar-refractivity contribution < 1.29 is 9.13 Å². The van der Waals surface area contributed by atoms with E-state index in [1.54, 1.807) is 19.1 Å². The molecule has 0 fully saturated rings. The minimum Gasteiger partial charge on any atom is -0.493 e. The minimum absolute atomic E-state index is 0.164. The first-order valence-electron chi connectivity index (χ1n) is 6.96. The molecule has 3 heteroatoms. The molecule has 0 spiro atoms. The second kappa shape index (κ2) is 5.53. The average Bonchev–Trinajstić information content (AvgIpc) is 2.48. The first-order valence-corrected chi connectivity index (χ1v) is 6.96. The van der Waals surface area contributed by atoms with Gasteiger partial charge in [-0.15, -0.1) is 0 Å². The topological polar surface area (TPSA) is 21.3 Å². The number of hydrogen-bond acceptors (Lipinski definition) is 2. The van der Waals surface area contributed by atoms with Crippen molar-refractivity contribution in [1.29, 1.82) is 0 Å². The zero-order chi connectivity index (χ0) is 13.9. The van der Waals surface area contributed by atoms with Crippen LogP contribution in [0.1, 0.15) is 23.5 Å². The summed E-state index contributed by atoms with van der Waals surface area (Å²) in [4.78, 5) is 0. The van der Waals surface area contributed by atoms with Gasteiger partial charge in [0.05, 0.1) is 6.61 Å². The molecule has 104 valence electrons. The Morgan fingerprint density at radius 3 is 2.95 bits per heavy atom. The normalized spacial score (nSPS) is 17.2. The molecule has 1 unspecified atom stereocenters. The van der Waals surface area contributed by atoms with Crippen molar-refractivity contribution in [2.45, 2.75) is 19.3 Å². The van der Waals surface area contributed by atoms with Gasteiger partial charge >= 0.3 is 0 Å². The third-order valence-corrected chi connectivity index (χ3v) is 3.81. The van der Waals surface area contributed by atoms with Crippen LogP contribution in [0.5, 0.6) is 5.75 Å². The van der Waals surface area contributed by atoms with Gasteiger partial charge in [-0.25, -0.2) is 4.39 Å². The fourth-order valence-electron chi connectivity index (χ4n) is 2.57. The smallest absolute Gasteiger partial charge is 0.128 e. The minimum atomic E-state index is -0.164. The molecule has 0 saturated heterocycles. The van der Waals surface area contributed by atoms with Gasteiger partial charge in [-0.05, 0) is 42.7 Å². The molecule has 0 amide bonds. The number of anilines is 1. The number of nitrogens with one attached hydrogen (secondary N) is 1. The van der Waals surface area contributed by atoms with Gasteiger partial charge in [-0.2, -0.15) is 0 Å². The van der Waals surface area contributed by atoms with Crippen LogP contribution in [0.25, 0.3) is 0 Å². The second-order valence-corrected chi connectivity index (χ2v) is 5.22. The predicted molar refractivity (Wildman–Crippen MR) is 78.9 cm³/mol. The van der Waals surface area contributed by atoms with E-state index in [9.17, 15) is 4.39 Å². The van der Waals surface area contributed by atoms with Crippen LogP contribution in [0.15, 0.2) is 42.5 Å². The maximum Gasteiger partial charge on any atom is 0.128 e. The predicted octanol–water partition coefficient (Wildman–Crippen LogP) is 4.11. The lowest BCUT2D eigenvalue weighted by molar-refractivity contribution is 0.270. The summed E-state index contributed by atoms with van der Waals surface area (Å²) in [5.74, 6) is 1.22. The van der Waals surface area contributed by atoms with Crippen molar-refractivity contribution in [1.82, 2.24) is 0 Å². The van der Waals surface area contributed by atoms with E-state index in [2.05, 4.69) is 11.4 Å². The molecule has 0 aliphatic carbocycles. The zero-order valence-electron chi connectivity index (χ0n) is 11.5. The lowest BCUT2D eigenvalue weighted by atomic mass is 9.93. The van der Waals surface area contributed by atoms with E-state index >= 15 is 0 Å².